The molecule has 2 amide bonds. The van der Waals surface area contributed by atoms with Crippen molar-refractivity contribution in [3.8, 4) is 22.4 Å². The Kier molecular flexibility index (Phi) is 7.57. The maximum atomic E-state index is 11.7. The number of aromatic nitrogens is 2. The summed E-state index contributed by atoms with van der Waals surface area (Å²) in [6.45, 7) is 8.31. The van der Waals surface area contributed by atoms with Crippen molar-refractivity contribution in [3.63, 3.8) is 0 Å². The van der Waals surface area contributed by atoms with E-state index in [1.54, 1.807) is 6.20 Å². The highest BCUT2D eigenvalue weighted by Gasteiger charge is 2.15. The van der Waals surface area contributed by atoms with Gasteiger partial charge in [0.05, 0.1) is 17.3 Å². The van der Waals surface area contributed by atoms with Gasteiger partial charge in [-0.1, -0.05) is 19.1 Å². The first-order chi connectivity index (χ1) is 14.7. The fourth-order valence-electron chi connectivity index (χ4n) is 2.96. The lowest BCUT2D eigenvalue weighted by atomic mass is 10.0. The number of aliphatic imine (C=N–C) groups is 1. The molecule has 7 heteroatoms. The molecular weight excluding hydrogens is 394 g/mol. The Bertz CT molecular complexity index is 1010. The molecule has 0 aliphatic heterocycles. The summed E-state index contributed by atoms with van der Waals surface area (Å²) in [6.07, 6.45) is 4.54. The highest BCUT2D eigenvalue weighted by molar-refractivity contribution is 7.99. The molecule has 2 heterocycles. The van der Waals surface area contributed by atoms with Crippen LogP contribution in [0, 0.1) is 0 Å². The fraction of sp³-hybridized carbons (Fsp3) is 0.217. The Morgan fingerprint density at radius 1 is 1.10 bits per heavy atom. The Morgan fingerprint density at radius 3 is 2.60 bits per heavy atom. The second-order valence-electron chi connectivity index (χ2n) is 6.46. The molecule has 154 valence electrons. The van der Waals surface area contributed by atoms with E-state index in [2.05, 4.69) is 51.4 Å². The van der Waals surface area contributed by atoms with Crippen LogP contribution in [0.1, 0.15) is 19.5 Å². The van der Waals surface area contributed by atoms with Crippen LogP contribution in [0.5, 0.6) is 0 Å². The molecule has 1 aromatic carbocycles. The predicted octanol–water partition coefficient (Wildman–Crippen LogP) is 5.07. The van der Waals surface area contributed by atoms with Crippen LogP contribution in [-0.2, 0) is 6.42 Å². The van der Waals surface area contributed by atoms with Crippen molar-refractivity contribution in [2.24, 2.45) is 4.99 Å². The van der Waals surface area contributed by atoms with Gasteiger partial charge >= 0.3 is 6.03 Å². The molecule has 0 atom stereocenters. The van der Waals surface area contributed by atoms with Crippen LogP contribution in [0.2, 0.25) is 0 Å². The molecule has 0 saturated carbocycles. The number of hydrogen-bond donors (Lipinski definition) is 2. The van der Waals surface area contributed by atoms with Crippen molar-refractivity contribution in [1.82, 2.24) is 20.6 Å². The number of pyridine rings is 2. The summed E-state index contributed by atoms with van der Waals surface area (Å²) in [5.74, 6) is 0.403. The molecule has 2 N–H and O–H groups in total. The van der Waals surface area contributed by atoms with Crippen LogP contribution in [0.15, 0.2) is 64.7 Å². The molecule has 3 aromatic rings. The molecule has 30 heavy (non-hydrogen) atoms. The van der Waals surface area contributed by atoms with Gasteiger partial charge in [0.2, 0.25) is 0 Å². The second-order valence-corrected chi connectivity index (χ2v) is 7.45. The normalized spacial score (nSPS) is 10.5. The Morgan fingerprint density at radius 2 is 1.97 bits per heavy atom. The predicted molar refractivity (Wildman–Crippen MR) is 124 cm³/mol. The van der Waals surface area contributed by atoms with Gasteiger partial charge in [-0.25, -0.2) is 4.79 Å². The molecule has 0 spiro atoms. The number of urea groups is 1. The summed E-state index contributed by atoms with van der Waals surface area (Å²) in [5.41, 5.74) is 5.57. The molecule has 0 unspecified atom stereocenters. The van der Waals surface area contributed by atoms with E-state index >= 15 is 0 Å². The third-order valence-corrected chi connectivity index (χ3v) is 5.49. The zero-order valence-electron chi connectivity index (χ0n) is 17.2. The van der Waals surface area contributed by atoms with E-state index in [9.17, 15) is 4.79 Å². The van der Waals surface area contributed by atoms with Crippen LogP contribution >= 0.6 is 11.8 Å². The molecular formula is C23H25N5OS. The van der Waals surface area contributed by atoms with Gasteiger partial charge in [0.15, 0.2) is 0 Å². The minimum Gasteiger partial charge on any atom is -0.338 e. The van der Waals surface area contributed by atoms with Crippen LogP contribution in [0.4, 0.5) is 10.5 Å². The SMILES string of the molecule is C=Nc1cc(-c2ccc(CC)nc2)cc(-c2ccccn2)c1SCNC(=O)NCC. The summed E-state index contributed by atoms with van der Waals surface area (Å²) in [6, 6.07) is 13.8. The van der Waals surface area contributed by atoms with Crippen molar-refractivity contribution in [2.45, 2.75) is 25.2 Å². The molecule has 6 nitrogen and oxygen atoms in total. The number of amides is 2. The lowest BCUT2D eigenvalue weighted by molar-refractivity contribution is 0.243. The third kappa shape index (κ3) is 5.24. The lowest BCUT2D eigenvalue weighted by Gasteiger charge is -2.15. The Labute approximate surface area is 181 Å². The van der Waals surface area contributed by atoms with E-state index < -0.39 is 0 Å². The summed E-state index contributed by atoms with van der Waals surface area (Å²) in [7, 11) is 0. The van der Waals surface area contributed by atoms with Gasteiger partial charge < -0.3 is 10.6 Å². The summed E-state index contributed by atoms with van der Waals surface area (Å²) in [4.78, 5) is 26.0. The number of hydrogen-bond acceptors (Lipinski definition) is 5. The van der Waals surface area contributed by atoms with Crippen molar-refractivity contribution in [2.75, 3.05) is 12.4 Å². The standard InChI is InChI=1S/C23H25N5OS/c1-4-18-10-9-16(14-27-18)17-12-19(20-8-6-7-11-26-20)22(21(13-17)24-3)30-15-28-23(29)25-5-2/h6-14H,3-5,15H2,1-2H3,(H2,25,28,29). The molecule has 0 bridgehead atoms. The van der Waals surface area contributed by atoms with Crippen LogP contribution in [-0.4, -0.2) is 35.1 Å². The zero-order valence-corrected chi connectivity index (χ0v) is 18.0. The van der Waals surface area contributed by atoms with Crippen LogP contribution in [0.25, 0.3) is 22.4 Å². The second kappa shape index (κ2) is 10.5. The van der Waals surface area contributed by atoms with E-state index in [0.29, 0.717) is 12.4 Å². The fourth-order valence-corrected chi connectivity index (χ4v) is 3.90. The van der Waals surface area contributed by atoms with Gasteiger partial charge in [-0.15, -0.1) is 11.8 Å². The molecule has 0 aliphatic rings. The first-order valence-corrected chi connectivity index (χ1v) is 10.8. The van der Waals surface area contributed by atoms with Crippen molar-refractivity contribution >= 4 is 30.2 Å². The molecule has 0 aliphatic carbocycles. The van der Waals surface area contributed by atoms with Crippen molar-refractivity contribution < 1.29 is 4.79 Å². The number of rotatable bonds is 8. The minimum atomic E-state index is -0.198. The third-order valence-electron chi connectivity index (χ3n) is 4.49. The van der Waals surface area contributed by atoms with Gasteiger partial charge in [-0.05, 0) is 56.0 Å². The zero-order chi connectivity index (χ0) is 21.3. The average Bonchev–Trinajstić information content (AvgIpc) is 2.79. The number of carbonyl (C=O) groups is 1. The van der Waals surface area contributed by atoms with Gasteiger partial charge in [-0.2, -0.15) is 0 Å². The molecule has 2 aromatic heterocycles. The van der Waals surface area contributed by atoms with Gasteiger partial charge in [0.25, 0.3) is 0 Å². The van der Waals surface area contributed by atoms with Crippen LogP contribution in [0.3, 0.4) is 0 Å². The average molecular weight is 420 g/mol. The Balaban J connectivity index is 2.01. The molecule has 0 fully saturated rings. The van der Waals surface area contributed by atoms with E-state index in [1.165, 1.54) is 11.8 Å². The topological polar surface area (TPSA) is 79.3 Å². The number of nitrogens with zero attached hydrogens (tertiary/aromatic N) is 3. The highest BCUT2D eigenvalue weighted by Crippen LogP contribution is 2.41. The number of nitrogens with one attached hydrogen (secondary N) is 2. The largest absolute Gasteiger partial charge is 0.338 e. The maximum Gasteiger partial charge on any atom is 0.315 e. The van der Waals surface area contributed by atoms with E-state index in [0.717, 1.165) is 45.1 Å². The van der Waals surface area contributed by atoms with Gasteiger partial charge in [0.1, 0.15) is 0 Å². The minimum absolute atomic E-state index is 0.198. The number of carbonyl (C=O) groups excluding carboxylic acids is 1. The smallest absolute Gasteiger partial charge is 0.315 e. The van der Waals surface area contributed by atoms with E-state index in [1.807, 2.05) is 43.5 Å². The Hall–Kier alpha value is -3.19. The number of benzene rings is 1. The maximum absolute atomic E-state index is 11.7. The summed E-state index contributed by atoms with van der Waals surface area (Å²) < 4.78 is 0. The van der Waals surface area contributed by atoms with Crippen molar-refractivity contribution in [3.05, 3.63) is 60.6 Å². The first-order valence-electron chi connectivity index (χ1n) is 9.82. The first kappa shape index (κ1) is 21.5. The van der Waals surface area contributed by atoms with Gasteiger partial charge in [-0.3, -0.25) is 15.0 Å². The number of aryl methyl sites for hydroxylation is 1. The quantitative estimate of drug-likeness (QED) is 0.303. The van der Waals surface area contributed by atoms with Crippen molar-refractivity contribution in [1.29, 1.82) is 0 Å². The molecule has 3 rings (SSSR count). The van der Waals surface area contributed by atoms with E-state index in [-0.39, 0.29) is 6.03 Å². The summed E-state index contributed by atoms with van der Waals surface area (Å²) in [5, 5.41) is 5.57. The van der Waals surface area contributed by atoms with E-state index in [4.69, 9.17) is 0 Å². The highest BCUT2D eigenvalue weighted by atomic mass is 32.2. The lowest BCUT2D eigenvalue weighted by Crippen LogP contribution is -2.34. The van der Waals surface area contributed by atoms with Gasteiger partial charge in [0, 0.05) is 40.7 Å². The monoisotopic (exact) mass is 419 g/mol. The summed E-state index contributed by atoms with van der Waals surface area (Å²) >= 11 is 1.50. The number of thioether (sulfide) groups is 1. The van der Waals surface area contributed by atoms with Crippen LogP contribution < -0.4 is 10.6 Å². The molecule has 0 saturated heterocycles. The molecule has 0 radical (unpaired) electrons.